The number of nitrogens with zero attached hydrogens (tertiary/aromatic N) is 1. The first-order valence-electron chi connectivity index (χ1n) is 9.28. The Labute approximate surface area is 170 Å². The Kier molecular flexibility index (Phi) is 7.39. The number of ether oxygens (including phenoxy) is 2. The first kappa shape index (κ1) is 20.3. The molecule has 0 aromatic heterocycles. The molecule has 2 aromatic carbocycles. The normalized spacial score (nSPS) is 14.8. The first-order chi connectivity index (χ1) is 13.7. The van der Waals surface area contributed by atoms with Crippen molar-refractivity contribution in [1.82, 2.24) is 4.90 Å². The Bertz CT molecular complexity index is 832. The standard InChI is InChI=1S/C22H26N2O3S/c1-26-20-9-7-17(15-21(20)27-2)8-10-22(25)23-19-6-4-3-5-18(19)16-24-11-13-28-14-12-24/h3-10,15H,11-14,16H2,1-2H3,(H,23,25)/b10-8+. The average molecular weight is 399 g/mol. The number of carbonyl (C=O) groups is 1. The highest BCUT2D eigenvalue weighted by Gasteiger charge is 2.13. The van der Waals surface area contributed by atoms with E-state index in [1.54, 1.807) is 20.3 Å². The van der Waals surface area contributed by atoms with Crippen LogP contribution < -0.4 is 14.8 Å². The third-order valence-electron chi connectivity index (χ3n) is 4.61. The lowest BCUT2D eigenvalue weighted by molar-refractivity contribution is -0.111. The molecule has 1 N–H and O–H groups in total. The van der Waals surface area contributed by atoms with Gasteiger partial charge in [-0.25, -0.2) is 0 Å². The lowest BCUT2D eigenvalue weighted by Gasteiger charge is -2.27. The molecule has 1 fully saturated rings. The largest absolute Gasteiger partial charge is 0.493 e. The van der Waals surface area contributed by atoms with E-state index in [2.05, 4.69) is 16.3 Å². The van der Waals surface area contributed by atoms with E-state index in [9.17, 15) is 4.79 Å². The molecule has 1 heterocycles. The molecule has 0 aliphatic carbocycles. The number of amides is 1. The van der Waals surface area contributed by atoms with E-state index in [4.69, 9.17) is 9.47 Å². The number of hydrogen-bond acceptors (Lipinski definition) is 5. The topological polar surface area (TPSA) is 50.8 Å². The number of benzene rings is 2. The number of thioether (sulfide) groups is 1. The zero-order chi connectivity index (χ0) is 19.8. The fraction of sp³-hybridized carbons (Fsp3) is 0.318. The number of nitrogens with one attached hydrogen (secondary N) is 1. The van der Waals surface area contributed by atoms with Crippen molar-refractivity contribution in [3.63, 3.8) is 0 Å². The van der Waals surface area contributed by atoms with Crippen LogP contribution in [0.3, 0.4) is 0 Å². The van der Waals surface area contributed by atoms with Crippen molar-refractivity contribution in [2.24, 2.45) is 0 Å². The Morgan fingerprint density at radius 2 is 1.86 bits per heavy atom. The molecule has 0 spiro atoms. The van der Waals surface area contributed by atoms with Gasteiger partial charge in [-0.1, -0.05) is 24.3 Å². The molecule has 28 heavy (non-hydrogen) atoms. The number of rotatable bonds is 7. The minimum absolute atomic E-state index is 0.156. The second kappa shape index (κ2) is 10.2. The SMILES string of the molecule is COc1ccc(/C=C/C(=O)Nc2ccccc2CN2CCSCC2)cc1OC. The molecular formula is C22H26N2O3S. The summed E-state index contributed by atoms with van der Waals surface area (Å²) < 4.78 is 10.5. The van der Waals surface area contributed by atoms with Gasteiger partial charge in [-0.15, -0.1) is 0 Å². The van der Waals surface area contributed by atoms with Crippen LogP contribution in [0.2, 0.25) is 0 Å². The van der Waals surface area contributed by atoms with Crippen LogP contribution in [0.15, 0.2) is 48.5 Å². The van der Waals surface area contributed by atoms with Crippen LogP contribution in [0.1, 0.15) is 11.1 Å². The van der Waals surface area contributed by atoms with Crippen LogP contribution in [-0.4, -0.2) is 49.6 Å². The summed E-state index contributed by atoms with van der Waals surface area (Å²) in [5.74, 6) is 3.48. The summed E-state index contributed by atoms with van der Waals surface area (Å²) >= 11 is 2.00. The van der Waals surface area contributed by atoms with E-state index in [1.165, 1.54) is 17.6 Å². The molecule has 1 saturated heterocycles. The predicted molar refractivity (Wildman–Crippen MR) is 116 cm³/mol. The highest BCUT2D eigenvalue weighted by Crippen LogP contribution is 2.28. The number of hydrogen-bond donors (Lipinski definition) is 1. The molecule has 1 amide bonds. The van der Waals surface area contributed by atoms with Gasteiger partial charge in [0, 0.05) is 42.9 Å². The summed E-state index contributed by atoms with van der Waals surface area (Å²) in [5.41, 5.74) is 2.87. The Hall–Kier alpha value is -2.44. The maximum absolute atomic E-state index is 12.4. The molecule has 1 aliphatic heterocycles. The van der Waals surface area contributed by atoms with Gasteiger partial charge in [0.25, 0.3) is 0 Å². The van der Waals surface area contributed by atoms with Gasteiger partial charge in [-0.05, 0) is 35.4 Å². The van der Waals surface area contributed by atoms with E-state index < -0.39 is 0 Å². The van der Waals surface area contributed by atoms with Gasteiger partial charge >= 0.3 is 0 Å². The van der Waals surface area contributed by atoms with E-state index in [1.807, 2.05) is 48.2 Å². The van der Waals surface area contributed by atoms with Gasteiger partial charge < -0.3 is 14.8 Å². The van der Waals surface area contributed by atoms with Crippen molar-refractivity contribution in [1.29, 1.82) is 0 Å². The Balaban J connectivity index is 1.65. The summed E-state index contributed by atoms with van der Waals surface area (Å²) in [6, 6.07) is 13.5. The van der Waals surface area contributed by atoms with Gasteiger partial charge in [-0.3, -0.25) is 9.69 Å². The monoisotopic (exact) mass is 398 g/mol. The smallest absolute Gasteiger partial charge is 0.248 e. The van der Waals surface area contributed by atoms with Crippen LogP contribution in [0.5, 0.6) is 11.5 Å². The van der Waals surface area contributed by atoms with Gasteiger partial charge in [0.1, 0.15) is 0 Å². The second-order valence-corrected chi connectivity index (χ2v) is 7.71. The molecule has 5 nitrogen and oxygen atoms in total. The molecule has 0 radical (unpaired) electrons. The zero-order valence-corrected chi connectivity index (χ0v) is 17.1. The van der Waals surface area contributed by atoms with E-state index in [0.717, 1.165) is 36.4 Å². The van der Waals surface area contributed by atoms with Crippen LogP contribution in [0.25, 0.3) is 6.08 Å². The minimum Gasteiger partial charge on any atom is -0.493 e. The summed E-state index contributed by atoms with van der Waals surface area (Å²) in [7, 11) is 3.19. The number of para-hydroxylation sites is 1. The van der Waals surface area contributed by atoms with Crippen molar-refractivity contribution in [3.05, 3.63) is 59.7 Å². The molecule has 148 valence electrons. The van der Waals surface area contributed by atoms with E-state index in [-0.39, 0.29) is 5.91 Å². The zero-order valence-electron chi connectivity index (χ0n) is 16.3. The van der Waals surface area contributed by atoms with Gasteiger partial charge in [-0.2, -0.15) is 11.8 Å². The quantitative estimate of drug-likeness (QED) is 0.717. The lowest BCUT2D eigenvalue weighted by Crippen LogP contribution is -2.32. The molecule has 0 bridgehead atoms. The first-order valence-corrected chi connectivity index (χ1v) is 10.4. The average Bonchev–Trinajstić information content (AvgIpc) is 2.74. The maximum Gasteiger partial charge on any atom is 0.248 e. The van der Waals surface area contributed by atoms with Crippen LogP contribution in [0.4, 0.5) is 5.69 Å². The summed E-state index contributed by atoms with van der Waals surface area (Å²) in [6.45, 7) is 3.04. The molecular weight excluding hydrogens is 372 g/mol. The molecule has 3 rings (SSSR count). The van der Waals surface area contributed by atoms with E-state index in [0.29, 0.717) is 11.5 Å². The van der Waals surface area contributed by atoms with Crippen molar-refractivity contribution in [2.45, 2.75) is 6.54 Å². The Morgan fingerprint density at radius 1 is 1.11 bits per heavy atom. The molecule has 0 unspecified atom stereocenters. The third kappa shape index (κ3) is 5.53. The van der Waals surface area contributed by atoms with Crippen LogP contribution in [-0.2, 0) is 11.3 Å². The van der Waals surface area contributed by atoms with Gasteiger partial charge in [0.2, 0.25) is 5.91 Å². The molecule has 0 atom stereocenters. The minimum atomic E-state index is -0.156. The molecule has 2 aromatic rings. The van der Waals surface area contributed by atoms with Crippen LogP contribution in [0, 0.1) is 0 Å². The number of anilines is 1. The highest BCUT2D eigenvalue weighted by molar-refractivity contribution is 7.99. The third-order valence-corrected chi connectivity index (χ3v) is 5.55. The molecule has 1 aliphatic rings. The highest BCUT2D eigenvalue weighted by atomic mass is 32.2. The van der Waals surface area contributed by atoms with Crippen molar-refractivity contribution in [3.8, 4) is 11.5 Å². The summed E-state index contributed by atoms with van der Waals surface area (Å²) in [5, 5.41) is 3.01. The van der Waals surface area contributed by atoms with Gasteiger partial charge in [0.15, 0.2) is 11.5 Å². The fourth-order valence-electron chi connectivity index (χ4n) is 3.08. The lowest BCUT2D eigenvalue weighted by atomic mass is 10.1. The van der Waals surface area contributed by atoms with Crippen LogP contribution >= 0.6 is 11.8 Å². The Morgan fingerprint density at radius 3 is 2.61 bits per heavy atom. The fourth-order valence-corrected chi connectivity index (χ4v) is 4.06. The van der Waals surface area contributed by atoms with Gasteiger partial charge in [0.05, 0.1) is 14.2 Å². The predicted octanol–water partition coefficient (Wildman–Crippen LogP) is 3.90. The van der Waals surface area contributed by atoms with Crippen molar-refractivity contribution >= 4 is 29.4 Å². The van der Waals surface area contributed by atoms with E-state index >= 15 is 0 Å². The summed E-state index contributed by atoms with van der Waals surface area (Å²) in [4.78, 5) is 14.9. The second-order valence-electron chi connectivity index (χ2n) is 6.48. The number of methoxy groups -OCH3 is 2. The van der Waals surface area contributed by atoms with Crippen molar-refractivity contribution < 1.29 is 14.3 Å². The number of carbonyl (C=O) groups excluding carboxylic acids is 1. The molecule has 6 heteroatoms. The summed E-state index contributed by atoms with van der Waals surface area (Å²) in [6.07, 6.45) is 3.30. The molecule has 0 saturated carbocycles. The van der Waals surface area contributed by atoms with Crippen molar-refractivity contribution in [2.75, 3.05) is 44.1 Å². The maximum atomic E-state index is 12.4.